The van der Waals surface area contributed by atoms with E-state index in [1.54, 1.807) is 0 Å². The van der Waals surface area contributed by atoms with Gasteiger partial charge in [-0.1, -0.05) is 15.9 Å². The van der Waals surface area contributed by atoms with E-state index in [1.165, 1.54) is 0 Å². The molecule has 7 nitrogen and oxygen atoms in total. The molecule has 0 radical (unpaired) electrons. The lowest BCUT2D eigenvalue weighted by Crippen LogP contribution is -2.44. The molecule has 1 fully saturated rings. The smallest absolute Gasteiger partial charge is 0.407 e. The molecule has 0 saturated heterocycles. The van der Waals surface area contributed by atoms with Crippen LogP contribution in [0.2, 0.25) is 0 Å². The van der Waals surface area contributed by atoms with Crippen molar-refractivity contribution in [2.75, 3.05) is 10.6 Å². The molecule has 0 atom stereocenters. The van der Waals surface area contributed by atoms with Gasteiger partial charge in [0.05, 0.1) is 22.7 Å². The molecule has 2 N–H and O–H groups in total. The monoisotopic (exact) mass is 414 g/mol. The van der Waals surface area contributed by atoms with Crippen molar-refractivity contribution in [1.82, 2.24) is 15.1 Å². The zero-order valence-corrected chi connectivity index (χ0v) is 17.0. The number of alkyl carbamates (subject to hydrolysis) is 1. The van der Waals surface area contributed by atoms with Crippen molar-refractivity contribution in [3.8, 4) is 0 Å². The van der Waals surface area contributed by atoms with Gasteiger partial charge in [-0.05, 0) is 47.5 Å². The molecule has 0 bridgehead atoms. The summed E-state index contributed by atoms with van der Waals surface area (Å²) in [7, 11) is 0. The fraction of sp³-hybridized carbons (Fsp3) is 0.706. The Morgan fingerprint density at radius 1 is 1.40 bits per heavy atom. The van der Waals surface area contributed by atoms with Crippen molar-refractivity contribution in [1.29, 1.82) is 0 Å². The molecule has 2 amide bonds. The van der Waals surface area contributed by atoms with Gasteiger partial charge in [-0.2, -0.15) is 5.10 Å². The van der Waals surface area contributed by atoms with E-state index in [2.05, 4.69) is 26.6 Å². The standard InChI is InChI=1S/C17H27BrN4O3/c1-10(2)25-16(24)19-12-6-11(7-12)13-8-14(20-15(23)9-18)22(21-13)17(3,4)5/h8,10-12H,6-7,9H2,1-5H3,(H,19,24)(H,20,23). The van der Waals surface area contributed by atoms with Crippen LogP contribution >= 0.6 is 15.9 Å². The van der Waals surface area contributed by atoms with Gasteiger partial charge in [0.15, 0.2) is 0 Å². The van der Waals surface area contributed by atoms with Crippen molar-refractivity contribution in [3.63, 3.8) is 0 Å². The maximum absolute atomic E-state index is 11.7. The Labute approximate surface area is 157 Å². The van der Waals surface area contributed by atoms with Gasteiger partial charge in [-0.15, -0.1) is 0 Å². The lowest BCUT2D eigenvalue weighted by Gasteiger charge is -2.34. The predicted molar refractivity (Wildman–Crippen MR) is 100 cm³/mol. The fourth-order valence-electron chi connectivity index (χ4n) is 2.77. The molecular formula is C17H27BrN4O3. The van der Waals surface area contributed by atoms with Crippen LogP contribution in [0.25, 0.3) is 0 Å². The Morgan fingerprint density at radius 2 is 2.04 bits per heavy atom. The highest BCUT2D eigenvalue weighted by Crippen LogP contribution is 2.38. The summed E-state index contributed by atoms with van der Waals surface area (Å²) in [5.41, 5.74) is 0.699. The molecule has 1 saturated carbocycles. The number of hydrogen-bond acceptors (Lipinski definition) is 4. The summed E-state index contributed by atoms with van der Waals surface area (Å²) in [6.45, 7) is 9.78. The second kappa shape index (κ2) is 7.76. The minimum absolute atomic E-state index is 0.108. The number of aromatic nitrogens is 2. The molecule has 0 unspecified atom stereocenters. The fourth-order valence-corrected chi connectivity index (χ4v) is 2.91. The van der Waals surface area contributed by atoms with E-state index >= 15 is 0 Å². The van der Waals surface area contributed by atoms with Gasteiger partial charge in [0.1, 0.15) is 5.82 Å². The average Bonchev–Trinajstić information content (AvgIpc) is 2.84. The topological polar surface area (TPSA) is 85.3 Å². The number of carbonyl (C=O) groups is 2. The van der Waals surface area contributed by atoms with Crippen molar-refractivity contribution in [2.24, 2.45) is 0 Å². The molecule has 0 aromatic carbocycles. The molecular weight excluding hydrogens is 388 g/mol. The highest BCUT2D eigenvalue weighted by Gasteiger charge is 2.35. The molecule has 1 heterocycles. The molecule has 1 aliphatic rings. The SMILES string of the molecule is CC(C)OC(=O)NC1CC(c2cc(NC(=O)CBr)n(C(C)(C)C)n2)C1. The first-order valence-electron chi connectivity index (χ1n) is 8.53. The van der Waals surface area contributed by atoms with Crippen molar-refractivity contribution in [3.05, 3.63) is 11.8 Å². The highest BCUT2D eigenvalue weighted by molar-refractivity contribution is 9.09. The lowest BCUT2D eigenvalue weighted by atomic mass is 9.78. The number of amides is 2. The second-order valence-corrected chi connectivity index (χ2v) is 8.24. The normalized spacial score (nSPS) is 20.1. The van der Waals surface area contributed by atoms with E-state index in [1.807, 2.05) is 45.4 Å². The van der Waals surface area contributed by atoms with Crippen LogP contribution in [0.1, 0.15) is 59.1 Å². The van der Waals surface area contributed by atoms with Crippen LogP contribution in [0.3, 0.4) is 0 Å². The quantitative estimate of drug-likeness (QED) is 0.723. The summed E-state index contributed by atoms with van der Waals surface area (Å²) >= 11 is 3.16. The van der Waals surface area contributed by atoms with Crippen LogP contribution in [-0.2, 0) is 15.1 Å². The minimum atomic E-state index is -0.371. The van der Waals surface area contributed by atoms with E-state index in [-0.39, 0.29) is 40.9 Å². The summed E-state index contributed by atoms with van der Waals surface area (Å²) in [6.07, 6.45) is 1.14. The minimum Gasteiger partial charge on any atom is -0.447 e. The Bertz CT molecular complexity index is 630. The lowest BCUT2D eigenvalue weighted by molar-refractivity contribution is -0.113. The Hall–Kier alpha value is -1.57. The summed E-state index contributed by atoms with van der Waals surface area (Å²) < 4.78 is 6.94. The third-order valence-electron chi connectivity index (χ3n) is 3.97. The summed E-state index contributed by atoms with van der Waals surface area (Å²) in [5, 5.41) is 10.7. The second-order valence-electron chi connectivity index (χ2n) is 7.68. The van der Waals surface area contributed by atoms with E-state index in [0.29, 0.717) is 5.82 Å². The van der Waals surface area contributed by atoms with Crippen LogP contribution in [0.5, 0.6) is 0 Å². The maximum atomic E-state index is 11.7. The number of rotatable bonds is 5. The number of halogens is 1. The van der Waals surface area contributed by atoms with E-state index < -0.39 is 0 Å². The van der Waals surface area contributed by atoms with E-state index in [4.69, 9.17) is 9.84 Å². The molecule has 0 aliphatic heterocycles. The zero-order chi connectivity index (χ0) is 18.8. The molecule has 8 heteroatoms. The number of nitrogens with one attached hydrogen (secondary N) is 2. The summed E-state index contributed by atoms with van der Waals surface area (Å²) in [4.78, 5) is 23.4. The average molecular weight is 415 g/mol. The third kappa shape index (κ3) is 5.20. The van der Waals surface area contributed by atoms with Gasteiger partial charge in [0.2, 0.25) is 5.91 Å². The first kappa shape index (κ1) is 19.8. The highest BCUT2D eigenvalue weighted by atomic mass is 79.9. The maximum Gasteiger partial charge on any atom is 0.407 e. The Morgan fingerprint density at radius 3 is 2.56 bits per heavy atom. The zero-order valence-electron chi connectivity index (χ0n) is 15.4. The predicted octanol–water partition coefficient (Wildman–Crippen LogP) is 3.35. The molecule has 0 spiro atoms. The van der Waals surface area contributed by atoms with E-state index in [0.717, 1.165) is 18.5 Å². The molecule has 140 valence electrons. The van der Waals surface area contributed by atoms with Gasteiger partial charge >= 0.3 is 6.09 Å². The van der Waals surface area contributed by atoms with Crippen LogP contribution in [0.4, 0.5) is 10.6 Å². The Balaban J connectivity index is 2.02. The van der Waals surface area contributed by atoms with Crippen molar-refractivity contribution >= 4 is 33.7 Å². The Kier molecular flexibility index (Phi) is 6.13. The summed E-state index contributed by atoms with van der Waals surface area (Å²) in [5.74, 6) is 0.858. The van der Waals surface area contributed by atoms with Crippen molar-refractivity contribution < 1.29 is 14.3 Å². The molecule has 1 aromatic rings. The van der Waals surface area contributed by atoms with Gasteiger partial charge in [0, 0.05) is 18.0 Å². The number of anilines is 1. The largest absolute Gasteiger partial charge is 0.447 e. The number of ether oxygens (including phenoxy) is 1. The number of alkyl halides is 1. The van der Waals surface area contributed by atoms with Gasteiger partial charge < -0.3 is 15.4 Å². The van der Waals surface area contributed by atoms with Gasteiger partial charge in [0.25, 0.3) is 0 Å². The van der Waals surface area contributed by atoms with Crippen LogP contribution in [-0.4, -0.2) is 39.3 Å². The summed E-state index contributed by atoms with van der Waals surface area (Å²) in [6, 6.07) is 2.04. The first-order chi connectivity index (χ1) is 11.6. The molecule has 25 heavy (non-hydrogen) atoms. The van der Waals surface area contributed by atoms with Crippen molar-refractivity contribution in [2.45, 2.75) is 71.1 Å². The molecule has 1 aromatic heterocycles. The third-order valence-corrected chi connectivity index (χ3v) is 4.48. The first-order valence-corrected chi connectivity index (χ1v) is 9.65. The van der Waals surface area contributed by atoms with Crippen LogP contribution in [0.15, 0.2) is 6.07 Å². The van der Waals surface area contributed by atoms with Gasteiger partial charge in [-0.25, -0.2) is 9.48 Å². The van der Waals surface area contributed by atoms with Crippen LogP contribution in [0, 0.1) is 0 Å². The number of carbonyl (C=O) groups excluding carboxylic acids is 2. The molecule has 2 rings (SSSR count). The van der Waals surface area contributed by atoms with E-state index in [9.17, 15) is 9.59 Å². The molecule has 1 aliphatic carbocycles. The number of hydrogen-bond donors (Lipinski definition) is 2. The van der Waals surface area contributed by atoms with Crippen LogP contribution < -0.4 is 10.6 Å². The number of nitrogens with zero attached hydrogens (tertiary/aromatic N) is 2. The van der Waals surface area contributed by atoms with Gasteiger partial charge in [-0.3, -0.25) is 4.79 Å².